The first-order chi connectivity index (χ1) is 15.3. The molecule has 1 fully saturated rings. The number of anilines is 2. The van der Waals surface area contributed by atoms with E-state index in [1.165, 1.54) is 26.4 Å². The molecule has 3 aromatic heterocycles. The SMILES string of the molecule is Cc1ncc(-c2nc(Nc3ccc(S(=O)(=O)N(C)C)nc3)ncc2F)n1C1CCOCC1. The van der Waals surface area contributed by atoms with Crippen molar-refractivity contribution in [3.63, 3.8) is 0 Å². The van der Waals surface area contributed by atoms with Crippen molar-refractivity contribution in [3.05, 3.63) is 42.4 Å². The third kappa shape index (κ3) is 4.33. The Hall–Kier alpha value is -2.96. The number of hydrogen-bond donors (Lipinski definition) is 1. The number of ether oxygens (including phenoxy) is 1. The van der Waals surface area contributed by atoms with E-state index in [-0.39, 0.29) is 22.7 Å². The highest BCUT2D eigenvalue weighted by atomic mass is 32.2. The Kier molecular flexibility index (Phi) is 6.17. The van der Waals surface area contributed by atoms with Crippen molar-refractivity contribution >= 4 is 21.7 Å². The first kappa shape index (κ1) is 22.2. The third-order valence-electron chi connectivity index (χ3n) is 5.26. The van der Waals surface area contributed by atoms with E-state index >= 15 is 0 Å². The molecule has 4 heterocycles. The molecule has 0 unspecified atom stereocenters. The number of aryl methyl sites for hydroxylation is 1. The number of rotatable bonds is 6. The van der Waals surface area contributed by atoms with Crippen molar-refractivity contribution in [3.8, 4) is 11.4 Å². The van der Waals surface area contributed by atoms with Gasteiger partial charge in [-0.15, -0.1) is 0 Å². The summed E-state index contributed by atoms with van der Waals surface area (Å²) in [6, 6.07) is 3.08. The fourth-order valence-electron chi connectivity index (χ4n) is 3.56. The smallest absolute Gasteiger partial charge is 0.260 e. The molecule has 32 heavy (non-hydrogen) atoms. The fraction of sp³-hybridized carbons (Fsp3) is 0.400. The zero-order chi connectivity index (χ0) is 22.9. The number of aromatic nitrogens is 5. The lowest BCUT2D eigenvalue weighted by Gasteiger charge is -2.26. The zero-order valence-corrected chi connectivity index (χ0v) is 18.8. The van der Waals surface area contributed by atoms with Crippen molar-refractivity contribution in [2.24, 2.45) is 0 Å². The molecule has 0 amide bonds. The van der Waals surface area contributed by atoms with Gasteiger partial charge in [-0.1, -0.05) is 0 Å². The van der Waals surface area contributed by atoms with Crippen molar-refractivity contribution in [1.29, 1.82) is 0 Å². The Balaban J connectivity index is 1.62. The maximum atomic E-state index is 14.7. The molecule has 170 valence electrons. The molecule has 0 bridgehead atoms. The van der Waals surface area contributed by atoms with Crippen LogP contribution in [0.3, 0.4) is 0 Å². The van der Waals surface area contributed by atoms with Crippen LogP contribution in [-0.2, 0) is 14.8 Å². The molecule has 1 aliphatic rings. The van der Waals surface area contributed by atoms with Crippen LogP contribution in [0.15, 0.2) is 35.7 Å². The summed E-state index contributed by atoms with van der Waals surface area (Å²) in [6.45, 7) is 3.17. The van der Waals surface area contributed by atoms with E-state index in [0.717, 1.165) is 29.2 Å². The first-order valence-electron chi connectivity index (χ1n) is 10.1. The molecule has 10 nitrogen and oxygen atoms in total. The van der Waals surface area contributed by atoms with E-state index in [0.29, 0.717) is 24.6 Å². The summed E-state index contributed by atoms with van der Waals surface area (Å²) >= 11 is 0. The molecule has 1 saturated heterocycles. The van der Waals surface area contributed by atoms with Gasteiger partial charge in [0.1, 0.15) is 11.5 Å². The lowest BCUT2D eigenvalue weighted by Crippen LogP contribution is -2.23. The van der Waals surface area contributed by atoms with Crippen LogP contribution < -0.4 is 5.32 Å². The predicted octanol–water partition coefficient (Wildman–Crippen LogP) is 2.53. The van der Waals surface area contributed by atoms with E-state index in [2.05, 4.69) is 25.3 Å². The number of halogens is 1. The number of nitrogens with one attached hydrogen (secondary N) is 1. The van der Waals surface area contributed by atoms with E-state index in [1.807, 2.05) is 11.5 Å². The monoisotopic (exact) mass is 461 g/mol. The molecule has 3 aromatic rings. The van der Waals surface area contributed by atoms with Crippen LogP contribution in [0.25, 0.3) is 11.4 Å². The molecule has 0 aliphatic carbocycles. The van der Waals surface area contributed by atoms with Gasteiger partial charge in [-0.2, -0.15) is 0 Å². The Labute approximate surface area is 185 Å². The second-order valence-corrected chi connectivity index (χ2v) is 9.69. The highest BCUT2D eigenvalue weighted by Gasteiger charge is 2.24. The second-order valence-electron chi connectivity index (χ2n) is 7.59. The summed E-state index contributed by atoms with van der Waals surface area (Å²) in [5.41, 5.74) is 1.17. The Morgan fingerprint density at radius 3 is 2.53 bits per heavy atom. The van der Waals surface area contributed by atoms with Gasteiger partial charge in [-0.05, 0) is 31.9 Å². The predicted molar refractivity (Wildman–Crippen MR) is 115 cm³/mol. The van der Waals surface area contributed by atoms with Crippen LogP contribution in [0.4, 0.5) is 16.0 Å². The van der Waals surface area contributed by atoms with Gasteiger partial charge in [0.05, 0.1) is 30.0 Å². The molecule has 0 aromatic carbocycles. The summed E-state index contributed by atoms with van der Waals surface area (Å²) in [5, 5.41) is 2.87. The molecule has 1 N–H and O–H groups in total. The molecule has 0 saturated carbocycles. The zero-order valence-electron chi connectivity index (χ0n) is 18.0. The summed E-state index contributed by atoms with van der Waals surface area (Å²) < 4.78 is 47.6. The van der Waals surface area contributed by atoms with Gasteiger partial charge < -0.3 is 14.6 Å². The first-order valence-corrected chi connectivity index (χ1v) is 11.5. The minimum atomic E-state index is -3.63. The summed E-state index contributed by atoms with van der Waals surface area (Å²) in [5.74, 6) is 0.374. The quantitative estimate of drug-likeness (QED) is 0.596. The van der Waals surface area contributed by atoms with Crippen LogP contribution in [-0.4, -0.2) is 64.5 Å². The molecule has 0 radical (unpaired) electrons. The molecular formula is C20H24FN7O3S. The van der Waals surface area contributed by atoms with Crippen LogP contribution in [0.2, 0.25) is 0 Å². The Morgan fingerprint density at radius 2 is 1.88 bits per heavy atom. The standard InChI is InChI=1S/C20H24FN7O3S/c1-13-22-12-17(28(13)15-6-8-31-9-7-15)19-16(21)11-24-20(26-19)25-14-4-5-18(23-10-14)32(29,30)27(2)3/h4-5,10-12,15H,6-9H2,1-3H3,(H,24,25,26). The molecule has 1 aliphatic heterocycles. The van der Waals surface area contributed by atoms with Crippen LogP contribution in [0, 0.1) is 12.7 Å². The van der Waals surface area contributed by atoms with Gasteiger partial charge in [0.25, 0.3) is 10.0 Å². The lowest BCUT2D eigenvalue weighted by atomic mass is 10.1. The lowest BCUT2D eigenvalue weighted by molar-refractivity contribution is 0.0694. The molecular weight excluding hydrogens is 437 g/mol. The normalized spacial score (nSPS) is 15.3. The van der Waals surface area contributed by atoms with E-state index in [1.54, 1.807) is 12.3 Å². The molecule has 0 spiro atoms. The van der Waals surface area contributed by atoms with Gasteiger partial charge in [-0.25, -0.2) is 37.0 Å². The third-order valence-corrected chi connectivity index (χ3v) is 6.99. The Morgan fingerprint density at radius 1 is 1.12 bits per heavy atom. The number of pyridine rings is 1. The summed E-state index contributed by atoms with van der Waals surface area (Å²) in [6.07, 6.45) is 5.70. The number of sulfonamides is 1. The number of imidazole rings is 1. The van der Waals surface area contributed by atoms with Crippen LogP contribution in [0.1, 0.15) is 24.7 Å². The van der Waals surface area contributed by atoms with Gasteiger partial charge in [0.2, 0.25) is 5.95 Å². The average Bonchev–Trinajstić information content (AvgIpc) is 3.17. The van der Waals surface area contributed by atoms with Crippen LogP contribution in [0.5, 0.6) is 0 Å². The van der Waals surface area contributed by atoms with E-state index in [4.69, 9.17) is 4.74 Å². The van der Waals surface area contributed by atoms with E-state index in [9.17, 15) is 12.8 Å². The van der Waals surface area contributed by atoms with Crippen molar-refractivity contribution < 1.29 is 17.5 Å². The van der Waals surface area contributed by atoms with Gasteiger partial charge in [0.15, 0.2) is 10.8 Å². The topological polar surface area (TPSA) is 115 Å². The van der Waals surface area contributed by atoms with Crippen molar-refractivity contribution in [2.45, 2.75) is 30.8 Å². The second kappa shape index (κ2) is 8.88. The van der Waals surface area contributed by atoms with Crippen molar-refractivity contribution in [2.75, 3.05) is 32.6 Å². The number of nitrogens with zero attached hydrogens (tertiary/aromatic N) is 6. The highest BCUT2D eigenvalue weighted by molar-refractivity contribution is 7.89. The van der Waals surface area contributed by atoms with Crippen molar-refractivity contribution in [1.82, 2.24) is 28.8 Å². The maximum Gasteiger partial charge on any atom is 0.260 e. The minimum Gasteiger partial charge on any atom is -0.381 e. The molecule has 0 atom stereocenters. The number of hydrogen-bond acceptors (Lipinski definition) is 8. The van der Waals surface area contributed by atoms with E-state index < -0.39 is 15.8 Å². The van der Waals surface area contributed by atoms with Gasteiger partial charge >= 0.3 is 0 Å². The highest BCUT2D eigenvalue weighted by Crippen LogP contribution is 2.31. The fourth-order valence-corrected chi connectivity index (χ4v) is 4.36. The average molecular weight is 462 g/mol. The largest absolute Gasteiger partial charge is 0.381 e. The Bertz CT molecular complexity index is 1210. The molecule has 4 rings (SSSR count). The minimum absolute atomic E-state index is 0.0791. The van der Waals surface area contributed by atoms with Gasteiger partial charge in [0, 0.05) is 33.4 Å². The molecule has 12 heteroatoms. The summed E-state index contributed by atoms with van der Waals surface area (Å²) in [7, 11) is -0.764. The van der Waals surface area contributed by atoms with Gasteiger partial charge in [-0.3, -0.25) is 0 Å². The van der Waals surface area contributed by atoms with Crippen LogP contribution >= 0.6 is 0 Å². The summed E-state index contributed by atoms with van der Waals surface area (Å²) in [4.78, 5) is 16.7. The maximum absolute atomic E-state index is 14.7.